The second kappa shape index (κ2) is 7.09. The van der Waals surface area contributed by atoms with E-state index in [1.165, 1.54) is 17.4 Å². The molecule has 0 aliphatic carbocycles. The van der Waals surface area contributed by atoms with Crippen LogP contribution in [-0.2, 0) is 13.0 Å². The molecule has 26 heavy (non-hydrogen) atoms. The quantitative estimate of drug-likeness (QED) is 0.489. The molecule has 130 valence electrons. The Morgan fingerprint density at radius 2 is 2.12 bits per heavy atom. The number of hydrogen-bond acceptors (Lipinski definition) is 6. The van der Waals surface area contributed by atoms with Crippen molar-refractivity contribution in [2.75, 3.05) is 0 Å². The zero-order valence-electron chi connectivity index (χ0n) is 14.1. The lowest BCUT2D eigenvalue weighted by Crippen LogP contribution is -2.01. The number of hydrogen-bond donors (Lipinski definition) is 0. The topological polar surface area (TPSA) is 65.2 Å². The van der Waals surface area contributed by atoms with Crippen LogP contribution in [0.25, 0.3) is 21.7 Å². The van der Waals surface area contributed by atoms with Crippen LogP contribution in [0.5, 0.6) is 5.75 Å². The molecule has 0 aliphatic heterocycles. The number of aromatic nitrogens is 2. The molecule has 3 heterocycles. The third-order valence-corrected chi connectivity index (χ3v) is 4.92. The van der Waals surface area contributed by atoms with Crippen molar-refractivity contribution in [2.24, 2.45) is 0 Å². The van der Waals surface area contributed by atoms with Gasteiger partial charge in [-0.15, -0.1) is 11.3 Å². The molecule has 3 aromatic heterocycles. The van der Waals surface area contributed by atoms with E-state index in [4.69, 9.17) is 9.15 Å². The van der Waals surface area contributed by atoms with E-state index in [2.05, 4.69) is 9.97 Å². The monoisotopic (exact) mass is 364 g/mol. The Hall–Kier alpha value is -2.99. The molecular weight excluding hydrogens is 348 g/mol. The second-order valence-electron chi connectivity index (χ2n) is 5.75. The van der Waals surface area contributed by atoms with Gasteiger partial charge in [0.15, 0.2) is 0 Å². The van der Waals surface area contributed by atoms with Crippen molar-refractivity contribution in [1.82, 2.24) is 9.97 Å². The zero-order chi connectivity index (χ0) is 17.9. The summed E-state index contributed by atoms with van der Waals surface area (Å²) < 4.78 is 11.1. The molecule has 4 aromatic rings. The number of benzene rings is 1. The predicted octanol–water partition coefficient (Wildman–Crippen LogP) is 4.45. The highest BCUT2D eigenvalue weighted by molar-refractivity contribution is 7.13. The first-order chi connectivity index (χ1) is 12.7. The van der Waals surface area contributed by atoms with E-state index in [1.807, 2.05) is 42.6 Å². The van der Waals surface area contributed by atoms with E-state index >= 15 is 0 Å². The van der Waals surface area contributed by atoms with Crippen molar-refractivity contribution >= 4 is 22.3 Å². The highest BCUT2D eigenvalue weighted by Gasteiger charge is 2.08. The molecule has 0 spiro atoms. The Balaban J connectivity index is 1.53. The number of ether oxygens (including phenoxy) is 1. The minimum Gasteiger partial charge on any atom is -0.487 e. The molecule has 0 amide bonds. The fourth-order valence-corrected chi connectivity index (χ4v) is 3.51. The van der Waals surface area contributed by atoms with Gasteiger partial charge in [-0.25, -0.2) is 9.78 Å². The Morgan fingerprint density at radius 3 is 2.92 bits per heavy atom. The van der Waals surface area contributed by atoms with Gasteiger partial charge in [-0.3, -0.25) is 4.98 Å². The summed E-state index contributed by atoms with van der Waals surface area (Å²) in [6.07, 6.45) is 2.53. The van der Waals surface area contributed by atoms with Gasteiger partial charge in [-0.05, 0) is 36.2 Å². The summed E-state index contributed by atoms with van der Waals surface area (Å²) in [4.78, 5) is 20.5. The second-order valence-corrected chi connectivity index (χ2v) is 6.61. The molecule has 5 nitrogen and oxygen atoms in total. The molecule has 0 aliphatic rings. The van der Waals surface area contributed by atoms with Crippen LogP contribution in [0.1, 0.15) is 18.2 Å². The third kappa shape index (κ3) is 3.36. The minimum atomic E-state index is -0.342. The van der Waals surface area contributed by atoms with Gasteiger partial charge in [0.1, 0.15) is 22.9 Å². The summed E-state index contributed by atoms with van der Waals surface area (Å²) in [5.74, 6) is 0.640. The third-order valence-electron chi connectivity index (χ3n) is 4.01. The lowest BCUT2D eigenvalue weighted by molar-refractivity contribution is 0.302. The number of thiazole rings is 1. The van der Waals surface area contributed by atoms with Gasteiger partial charge in [0.05, 0.1) is 11.4 Å². The summed E-state index contributed by atoms with van der Waals surface area (Å²) in [5.41, 5.74) is 2.86. The molecule has 0 atom stereocenters. The zero-order valence-corrected chi connectivity index (χ0v) is 15.0. The smallest absolute Gasteiger partial charge is 0.336 e. The summed E-state index contributed by atoms with van der Waals surface area (Å²) in [7, 11) is 0. The first-order valence-electron chi connectivity index (χ1n) is 8.28. The van der Waals surface area contributed by atoms with Crippen LogP contribution in [-0.4, -0.2) is 9.97 Å². The Labute approximate surface area is 153 Å². The maximum atomic E-state index is 11.7. The molecule has 0 saturated heterocycles. The number of pyridine rings is 1. The van der Waals surface area contributed by atoms with Gasteiger partial charge in [0, 0.05) is 29.1 Å². The Bertz CT molecular complexity index is 1100. The molecule has 4 rings (SSSR count). The molecule has 1 aromatic carbocycles. The molecule has 0 bridgehead atoms. The normalized spacial score (nSPS) is 11.0. The molecule has 0 fully saturated rings. The van der Waals surface area contributed by atoms with Crippen LogP contribution >= 0.6 is 11.3 Å². The van der Waals surface area contributed by atoms with Gasteiger partial charge in [-0.1, -0.05) is 13.0 Å². The first-order valence-corrected chi connectivity index (χ1v) is 9.16. The van der Waals surface area contributed by atoms with Crippen molar-refractivity contribution in [3.63, 3.8) is 0 Å². The van der Waals surface area contributed by atoms with Crippen molar-refractivity contribution in [2.45, 2.75) is 20.0 Å². The Kier molecular flexibility index (Phi) is 4.50. The highest BCUT2D eigenvalue weighted by Crippen LogP contribution is 2.25. The molecule has 0 N–H and O–H groups in total. The summed E-state index contributed by atoms with van der Waals surface area (Å²) in [6, 6.07) is 12.8. The van der Waals surface area contributed by atoms with Gasteiger partial charge in [-0.2, -0.15) is 0 Å². The van der Waals surface area contributed by atoms with Gasteiger partial charge >= 0.3 is 5.63 Å². The van der Waals surface area contributed by atoms with Crippen LogP contribution in [0.15, 0.2) is 63.3 Å². The van der Waals surface area contributed by atoms with E-state index in [-0.39, 0.29) is 5.63 Å². The summed E-state index contributed by atoms with van der Waals surface area (Å²) >= 11 is 1.53. The maximum Gasteiger partial charge on any atom is 0.336 e. The van der Waals surface area contributed by atoms with Crippen LogP contribution in [0.3, 0.4) is 0 Å². The van der Waals surface area contributed by atoms with E-state index in [9.17, 15) is 4.79 Å². The lowest BCUT2D eigenvalue weighted by Gasteiger charge is -2.07. The van der Waals surface area contributed by atoms with Gasteiger partial charge < -0.3 is 9.15 Å². The molecule has 0 unspecified atom stereocenters. The highest BCUT2D eigenvalue weighted by atomic mass is 32.1. The van der Waals surface area contributed by atoms with Crippen molar-refractivity contribution < 1.29 is 9.15 Å². The SMILES string of the molecule is CCc1cc(=O)oc2cc(OCc3csc(-c4ccccn4)n3)ccc12. The summed E-state index contributed by atoms with van der Waals surface area (Å²) in [5, 5.41) is 3.76. The fourth-order valence-electron chi connectivity index (χ4n) is 2.73. The predicted molar refractivity (Wildman–Crippen MR) is 102 cm³/mol. The Morgan fingerprint density at radius 1 is 1.19 bits per heavy atom. The van der Waals surface area contributed by atoms with Crippen molar-refractivity contribution in [3.8, 4) is 16.5 Å². The van der Waals surface area contributed by atoms with Crippen molar-refractivity contribution in [3.05, 3.63) is 75.7 Å². The van der Waals surface area contributed by atoms with Gasteiger partial charge in [0.2, 0.25) is 0 Å². The van der Waals surface area contributed by atoms with E-state index < -0.39 is 0 Å². The standard InChI is InChI=1S/C20H16N2O3S/c1-2-13-9-19(23)25-18-10-15(6-7-16(13)18)24-11-14-12-26-20(22-14)17-5-3-4-8-21-17/h3-10,12H,2,11H2,1H3. The summed E-state index contributed by atoms with van der Waals surface area (Å²) in [6.45, 7) is 2.35. The maximum absolute atomic E-state index is 11.7. The van der Waals surface area contributed by atoms with Crippen LogP contribution < -0.4 is 10.4 Å². The minimum absolute atomic E-state index is 0.340. The van der Waals surface area contributed by atoms with Crippen molar-refractivity contribution in [1.29, 1.82) is 0 Å². The number of nitrogens with zero attached hydrogens (tertiary/aromatic N) is 2. The number of aryl methyl sites for hydroxylation is 1. The van der Waals surface area contributed by atoms with Gasteiger partial charge in [0.25, 0.3) is 0 Å². The van der Waals surface area contributed by atoms with Crippen LogP contribution in [0.4, 0.5) is 0 Å². The average molecular weight is 364 g/mol. The number of rotatable bonds is 5. The fraction of sp³-hybridized carbons (Fsp3) is 0.150. The molecular formula is C20H16N2O3S. The first kappa shape index (κ1) is 16.5. The number of fused-ring (bicyclic) bond motifs is 1. The molecule has 0 radical (unpaired) electrons. The molecule has 0 saturated carbocycles. The van der Waals surface area contributed by atoms with E-state index in [1.54, 1.807) is 12.3 Å². The van der Waals surface area contributed by atoms with E-state index in [0.29, 0.717) is 17.9 Å². The average Bonchev–Trinajstić information content (AvgIpc) is 3.15. The van der Waals surface area contributed by atoms with Crippen LogP contribution in [0.2, 0.25) is 0 Å². The lowest BCUT2D eigenvalue weighted by atomic mass is 10.1. The largest absolute Gasteiger partial charge is 0.487 e. The van der Waals surface area contributed by atoms with E-state index in [0.717, 1.165) is 33.8 Å². The molecule has 6 heteroatoms. The van der Waals surface area contributed by atoms with Crippen LogP contribution in [0, 0.1) is 0 Å².